The molecule has 0 N–H and O–H groups in total. The molecule has 0 bridgehead atoms. The zero-order valence-electron chi connectivity index (χ0n) is 31.2. The van der Waals surface area contributed by atoms with Gasteiger partial charge in [-0.1, -0.05) is 147 Å². The van der Waals surface area contributed by atoms with Crippen molar-refractivity contribution in [3.05, 3.63) is 183 Å². The number of rotatable bonds is 10. The molecule has 0 radical (unpaired) electrons. The van der Waals surface area contributed by atoms with Gasteiger partial charge in [-0.2, -0.15) is 0 Å². The molecule has 5 aromatic rings. The van der Waals surface area contributed by atoms with Gasteiger partial charge in [-0.15, -0.1) is 0 Å². The van der Waals surface area contributed by atoms with E-state index < -0.39 is 15.8 Å². The molecule has 8 rings (SSSR count). The van der Waals surface area contributed by atoms with E-state index in [1.165, 1.54) is 73.4 Å². The summed E-state index contributed by atoms with van der Waals surface area (Å²) in [6.45, 7) is 0. The Morgan fingerprint density at radius 3 is 1.38 bits per heavy atom. The molecule has 0 saturated heterocycles. The molecule has 53 heavy (non-hydrogen) atoms. The van der Waals surface area contributed by atoms with E-state index >= 15 is 0 Å². The Bertz CT molecular complexity index is 1630. The van der Waals surface area contributed by atoms with E-state index in [1.807, 2.05) is 17.3 Å². The summed E-state index contributed by atoms with van der Waals surface area (Å²) in [7, 11) is 2.97. The first kappa shape index (κ1) is 41.5. The molecule has 3 aliphatic rings. The number of allylic oxidation sites excluding steroid dienone is 4. The Balaban J connectivity index is 0.000000212. The molecule has 0 aliphatic heterocycles. The molecule has 4 unspecified atom stereocenters. The number of benzene rings is 5. The summed E-state index contributed by atoms with van der Waals surface area (Å²) < 4.78 is 0. The van der Waals surface area contributed by atoms with E-state index in [0.717, 1.165) is 29.6 Å². The van der Waals surface area contributed by atoms with E-state index in [1.54, 1.807) is 10.6 Å². The van der Waals surface area contributed by atoms with E-state index in [-0.39, 0.29) is 7.43 Å². The van der Waals surface area contributed by atoms with Crippen LogP contribution in [0.15, 0.2) is 176 Å². The summed E-state index contributed by atoms with van der Waals surface area (Å²) in [5, 5.41) is 7.48. The second kappa shape index (κ2) is 22.7. The molecular weight excluding hydrogens is 787 g/mol. The van der Waals surface area contributed by atoms with Gasteiger partial charge in [-0.25, -0.2) is 0 Å². The van der Waals surface area contributed by atoms with Crippen LogP contribution in [0.2, 0.25) is 0 Å². The van der Waals surface area contributed by atoms with Crippen LogP contribution in [0.5, 0.6) is 0 Å². The number of halogens is 1. The van der Waals surface area contributed by atoms with Crippen molar-refractivity contribution in [1.29, 1.82) is 0 Å². The molecule has 3 aliphatic carbocycles. The number of fused-ring (bicyclic) bond motifs is 1. The van der Waals surface area contributed by atoms with Crippen molar-refractivity contribution in [2.75, 3.05) is 6.16 Å². The first-order chi connectivity index (χ1) is 25.8. The van der Waals surface area contributed by atoms with Crippen LogP contribution in [-0.4, -0.2) is 6.16 Å². The third-order valence-corrected chi connectivity index (χ3v) is 17.2. The van der Waals surface area contributed by atoms with Gasteiger partial charge in [0.25, 0.3) is 0 Å². The van der Waals surface area contributed by atoms with Gasteiger partial charge in [0.15, 0.2) is 0 Å². The first-order valence-corrected chi connectivity index (χ1v) is 24.8. The molecule has 2 saturated carbocycles. The average Bonchev–Trinajstić information content (AvgIpc) is 3.67. The van der Waals surface area contributed by atoms with Crippen LogP contribution in [0, 0.1) is 37.0 Å². The predicted molar refractivity (Wildman–Crippen MR) is 237 cm³/mol. The van der Waals surface area contributed by atoms with Crippen LogP contribution < -0.4 is 26.5 Å². The second-order valence-electron chi connectivity index (χ2n) is 14.5. The van der Waals surface area contributed by atoms with E-state index in [2.05, 4.69) is 186 Å². The minimum atomic E-state index is -0.877. The largest absolute Gasteiger partial charge is 0.102 e. The van der Waals surface area contributed by atoms with E-state index in [9.17, 15) is 0 Å². The van der Waals surface area contributed by atoms with Gasteiger partial charge in [0.1, 0.15) is 15.9 Å². The average molecular weight is 844 g/mol. The minimum absolute atomic E-state index is 0. The summed E-state index contributed by atoms with van der Waals surface area (Å²) in [5.41, 5.74) is 0. The molecule has 0 aromatic heterocycles. The summed E-state index contributed by atoms with van der Waals surface area (Å²) in [5.74, 6) is 4.41. The maximum absolute atomic E-state index is 4.57. The van der Waals surface area contributed by atoms with Crippen LogP contribution >= 0.6 is 25.5 Å². The third kappa shape index (κ3) is 11.4. The summed E-state index contributed by atoms with van der Waals surface area (Å²) in [4.78, 5) is 0. The van der Waals surface area contributed by atoms with Crippen molar-refractivity contribution in [2.45, 2.75) is 51.4 Å². The summed E-state index contributed by atoms with van der Waals surface area (Å²) in [6, 6.07) is 55.3. The van der Waals surface area contributed by atoms with Crippen LogP contribution in [0.1, 0.15) is 51.4 Å². The molecule has 0 nitrogen and oxygen atoms in total. The molecular formula is C49H57ClP2Ru+2. The van der Waals surface area contributed by atoms with Crippen LogP contribution in [0.3, 0.4) is 0 Å². The standard InChI is InChI=1S/C30H37P.C18H15P.CH3.ClH.Ru/c1-4-12-24(13-5-1)29(30-21-20-25-14-10-11-19-28(25)30)22-23-31(26-15-6-2-7-16-26)27-17-8-3-9-18-27;1-4-10-16(11-5-1)19(17-12-6-2-7-13-17)18-14-8-3-9-15-18;;;/h2-3,6-11,14-19,24-25,28-30H,1,4-5,12-13,20-23H2;1-15H;1H3;1H;/q;;-1;;+2/p+1. The maximum atomic E-state index is 4.57. The Kier molecular flexibility index (Phi) is 17.8. The topological polar surface area (TPSA) is 0 Å². The van der Waals surface area contributed by atoms with Gasteiger partial charge in [-0.3, -0.25) is 0 Å². The third-order valence-electron chi connectivity index (χ3n) is 11.6. The molecule has 276 valence electrons. The normalized spacial score (nSPS) is 19.6. The molecule has 2 fully saturated rings. The fourth-order valence-electron chi connectivity index (χ4n) is 9.22. The van der Waals surface area contributed by atoms with E-state index in [4.69, 9.17) is 0 Å². The van der Waals surface area contributed by atoms with Crippen LogP contribution in [0.4, 0.5) is 0 Å². The van der Waals surface area contributed by atoms with Gasteiger partial charge in [-0.05, 0) is 110 Å². The smallest absolute Gasteiger partial charge is 0.0620 e. The SMILES string of the molecule is C1=CC2CCC(C(CC[PH+](c3ccccc3)c3ccccc3)C3CCCCC3)C2C=C1.[CH3-].[Cl][Ru+].c1ccc([PH+](c2ccccc2)c2ccccc2)cc1. The van der Waals surface area contributed by atoms with E-state index in [0.29, 0.717) is 0 Å². The maximum Gasteiger partial charge on any atom is 0.102 e. The number of hydrogen-bond donors (Lipinski definition) is 0. The Labute approximate surface area is 337 Å². The molecule has 0 spiro atoms. The van der Waals surface area contributed by atoms with Crippen molar-refractivity contribution in [3.63, 3.8) is 0 Å². The molecule has 4 heteroatoms. The number of hydrogen-bond acceptors (Lipinski definition) is 0. The van der Waals surface area contributed by atoms with Crippen molar-refractivity contribution in [1.82, 2.24) is 0 Å². The zero-order valence-corrected chi connectivity index (χ0v) is 35.7. The quantitative estimate of drug-likeness (QED) is 0.0746. The van der Waals surface area contributed by atoms with Gasteiger partial charge in [0, 0.05) is 0 Å². The fraction of sp³-hybridized carbons (Fsp3) is 0.286. The zero-order chi connectivity index (χ0) is 35.8. The van der Waals surface area contributed by atoms with Crippen molar-refractivity contribution < 1.29 is 17.3 Å². The van der Waals surface area contributed by atoms with Gasteiger partial charge >= 0.3 is 27.0 Å². The summed E-state index contributed by atoms with van der Waals surface area (Å²) >= 11 is 1.82. The van der Waals surface area contributed by atoms with Crippen molar-refractivity contribution in [2.24, 2.45) is 29.6 Å². The first-order valence-electron chi connectivity index (χ1n) is 19.3. The Hall–Kier alpha value is -2.65. The van der Waals surface area contributed by atoms with Crippen molar-refractivity contribution >= 4 is 52.1 Å². The second-order valence-corrected chi connectivity index (χ2v) is 19.6. The van der Waals surface area contributed by atoms with Gasteiger partial charge < -0.3 is 7.43 Å². The van der Waals surface area contributed by atoms with Crippen molar-refractivity contribution in [3.8, 4) is 0 Å². The Morgan fingerprint density at radius 1 is 0.509 bits per heavy atom. The Morgan fingerprint density at radius 2 is 0.925 bits per heavy atom. The minimum Gasteiger partial charge on any atom is -0.0620 e. The van der Waals surface area contributed by atoms with Gasteiger partial charge in [0.2, 0.25) is 0 Å². The molecule has 4 atom stereocenters. The summed E-state index contributed by atoms with van der Waals surface area (Å²) in [6.07, 6.45) is 22.7. The van der Waals surface area contributed by atoms with Crippen LogP contribution in [0.25, 0.3) is 0 Å². The fourth-order valence-corrected chi connectivity index (χ4v) is 14.5. The molecule has 0 heterocycles. The van der Waals surface area contributed by atoms with Gasteiger partial charge in [0.05, 0.1) is 32.6 Å². The molecule has 0 amide bonds. The predicted octanol–water partition coefficient (Wildman–Crippen LogP) is 11.5. The monoisotopic (exact) mass is 844 g/mol. The van der Waals surface area contributed by atoms with Crippen LogP contribution in [-0.2, 0) is 17.3 Å². The molecule has 5 aromatic carbocycles.